The van der Waals surface area contributed by atoms with Gasteiger partial charge in [-0.25, -0.2) is 9.37 Å². The van der Waals surface area contributed by atoms with Gasteiger partial charge in [-0.2, -0.15) is 10.2 Å². The van der Waals surface area contributed by atoms with Crippen molar-refractivity contribution in [1.82, 2.24) is 9.97 Å². The van der Waals surface area contributed by atoms with E-state index in [1.165, 1.54) is 17.0 Å². The number of halogens is 1. The maximum absolute atomic E-state index is 15.0. The van der Waals surface area contributed by atoms with Crippen LogP contribution in [0, 0.1) is 11.3 Å². The number of nitrogens with zero attached hydrogens (tertiary/aromatic N) is 5. The summed E-state index contributed by atoms with van der Waals surface area (Å²) in [7, 11) is 0. The standard InChI is InChI=1S/C28H28FN5O3S/c1-6-23-31-22-10-9-19(14-21(22)25(32-23)37-12-11-35)34-27(38)33(26(36)28(34,4)5)18-8-7-17(15-30)20(13-18)24(29)16(2)3/h7-10,13-14,24,35H,2,6,11-12H2,1,3-5H3. The van der Waals surface area contributed by atoms with Crippen LogP contribution in [-0.4, -0.2) is 44.8 Å². The Morgan fingerprint density at radius 3 is 2.61 bits per heavy atom. The number of aliphatic hydroxyl groups is 1. The quantitative estimate of drug-likeness (QED) is 0.321. The molecule has 1 saturated heterocycles. The highest BCUT2D eigenvalue weighted by Crippen LogP contribution is 2.40. The van der Waals surface area contributed by atoms with Crippen LogP contribution >= 0.6 is 12.2 Å². The summed E-state index contributed by atoms with van der Waals surface area (Å²) in [5.41, 5.74) is 1.09. The Labute approximate surface area is 226 Å². The van der Waals surface area contributed by atoms with Gasteiger partial charge >= 0.3 is 0 Å². The highest BCUT2D eigenvalue weighted by Gasteiger charge is 2.50. The second kappa shape index (κ2) is 10.4. The highest BCUT2D eigenvalue weighted by atomic mass is 32.1. The molecule has 196 valence electrons. The van der Waals surface area contributed by atoms with Gasteiger partial charge in [0.05, 0.1) is 34.8 Å². The molecule has 8 nitrogen and oxygen atoms in total. The number of nitriles is 1. The van der Waals surface area contributed by atoms with Gasteiger partial charge in [0.2, 0.25) is 5.88 Å². The molecule has 1 atom stereocenters. The minimum absolute atomic E-state index is 0.0696. The second-order valence-corrected chi connectivity index (χ2v) is 9.85. The fourth-order valence-electron chi connectivity index (χ4n) is 4.41. The average molecular weight is 534 g/mol. The minimum atomic E-state index is -1.56. The molecule has 1 fully saturated rings. The lowest BCUT2D eigenvalue weighted by atomic mass is 9.98. The van der Waals surface area contributed by atoms with Crippen LogP contribution < -0.4 is 14.5 Å². The molecule has 1 aliphatic heterocycles. The van der Waals surface area contributed by atoms with Gasteiger partial charge in [-0.05, 0) is 75.0 Å². The number of benzene rings is 2. The number of hydrogen-bond donors (Lipinski definition) is 1. The van der Waals surface area contributed by atoms with E-state index in [4.69, 9.17) is 17.0 Å². The van der Waals surface area contributed by atoms with Gasteiger partial charge in [-0.15, -0.1) is 0 Å². The summed E-state index contributed by atoms with van der Waals surface area (Å²) >= 11 is 5.80. The van der Waals surface area contributed by atoms with Gasteiger partial charge in [-0.3, -0.25) is 9.69 Å². The van der Waals surface area contributed by atoms with Crippen molar-refractivity contribution in [3.8, 4) is 11.9 Å². The first kappa shape index (κ1) is 27.1. The van der Waals surface area contributed by atoms with Crippen LogP contribution in [0.15, 0.2) is 48.6 Å². The summed E-state index contributed by atoms with van der Waals surface area (Å²) in [6.07, 6.45) is -0.955. The van der Waals surface area contributed by atoms with E-state index in [0.717, 1.165) is 0 Å². The van der Waals surface area contributed by atoms with E-state index in [1.54, 1.807) is 37.8 Å². The Morgan fingerprint density at radius 2 is 1.97 bits per heavy atom. The van der Waals surface area contributed by atoms with Gasteiger partial charge in [0.15, 0.2) is 5.11 Å². The molecule has 3 aromatic rings. The van der Waals surface area contributed by atoms with Crippen molar-refractivity contribution < 1.29 is 19.0 Å². The molecule has 0 saturated carbocycles. The molecule has 1 unspecified atom stereocenters. The summed E-state index contributed by atoms with van der Waals surface area (Å²) in [4.78, 5) is 25.8. The molecule has 1 amide bonds. The monoisotopic (exact) mass is 533 g/mol. The Kier molecular flexibility index (Phi) is 7.44. The molecule has 0 bridgehead atoms. The zero-order valence-corrected chi connectivity index (χ0v) is 22.5. The summed E-state index contributed by atoms with van der Waals surface area (Å²) in [6.45, 7) is 10.6. The maximum atomic E-state index is 15.0. The zero-order chi connectivity index (χ0) is 27.8. The predicted octanol–water partition coefficient (Wildman–Crippen LogP) is 4.94. The third kappa shape index (κ3) is 4.59. The van der Waals surface area contributed by atoms with Crippen molar-refractivity contribution in [1.29, 1.82) is 5.26 Å². The van der Waals surface area contributed by atoms with Crippen molar-refractivity contribution in [2.45, 2.75) is 45.8 Å². The van der Waals surface area contributed by atoms with Crippen molar-refractivity contribution >= 4 is 45.5 Å². The van der Waals surface area contributed by atoms with E-state index in [9.17, 15) is 19.6 Å². The maximum Gasteiger partial charge on any atom is 0.259 e. The highest BCUT2D eigenvalue weighted by molar-refractivity contribution is 7.81. The molecule has 10 heteroatoms. The van der Waals surface area contributed by atoms with Crippen molar-refractivity contribution in [3.05, 3.63) is 65.5 Å². The van der Waals surface area contributed by atoms with Crippen LogP contribution in [0.2, 0.25) is 0 Å². The number of carbonyl (C=O) groups is 1. The van der Waals surface area contributed by atoms with Gasteiger partial charge in [0.25, 0.3) is 5.91 Å². The van der Waals surface area contributed by atoms with Gasteiger partial charge in [0, 0.05) is 17.7 Å². The Morgan fingerprint density at radius 1 is 1.26 bits per heavy atom. The van der Waals surface area contributed by atoms with E-state index < -0.39 is 11.7 Å². The van der Waals surface area contributed by atoms with Crippen LogP contribution in [0.25, 0.3) is 10.9 Å². The van der Waals surface area contributed by atoms with E-state index in [0.29, 0.717) is 40.4 Å². The molecule has 38 heavy (non-hydrogen) atoms. The second-order valence-electron chi connectivity index (χ2n) is 9.48. The van der Waals surface area contributed by atoms with Gasteiger partial charge < -0.3 is 14.7 Å². The number of aryl methyl sites for hydroxylation is 1. The van der Waals surface area contributed by atoms with E-state index in [-0.39, 0.29) is 40.9 Å². The minimum Gasteiger partial charge on any atom is -0.475 e. The zero-order valence-electron chi connectivity index (χ0n) is 21.7. The SMILES string of the molecule is C=C(C)C(F)c1cc(N2C(=O)C(C)(C)N(c3ccc4nc(CC)nc(OCCO)c4c3)C2=S)ccc1C#N. The largest absolute Gasteiger partial charge is 0.475 e. The number of fused-ring (bicyclic) bond motifs is 1. The first-order chi connectivity index (χ1) is 18.0. The van der Waals surface area contributed by atoms with Crippen molar-refractivity contribution in [3.63, 3.8) is 0 Å². The number of carbonyl (C=O) groups excluding carboxylic acids is 1. The molecule has 1 N–H and O–H groups in total. The van der Waals surface area contributed by atoms with E-state index >= 15 is 0 Å². The summed E-state index contributed by atoms with van der Waals surface area (Å²) in [5, 5.41) is 19.6. The normalized spacial score (nSPS) is 15.6. The first-order valence-electron chi connectivity index (χ1n) is 12.1. The average Bonchev–Trinajstić information content (AvgIpc) is 3.08. The number of hydrogen-bond acceptors (Lipinski definition) is 7. The van der Waals surface area contributed by atoms with Crippen LogP contribution in [0.3, 0.4) is 0 Å². The smallest absolute Gasteiger partial charge is 0.259 e. The number of aliphatic hydroxyl groups excluding tert-OH is 1. The van der Waals surface area contributed by atoms with Crippen LogP contribution in [0.1, 0.15) is 50.8 Å². The molecular formula is C28H28FN5O3S. The molecule has 4 rings (SSSR count). The lowest BCUT2D eigenvalue weighted by Gasteiger charge is -2.29. The van der Waals surface area contributed by atoms with Crippen LogP contribution in [0.5, 0.6) is 5.88 Å². The van der Waals surface area contributed by atoms with Crippen LogP contribution in [0.4, 0.5) is 15.8 Å². The topological polar surface area (TPSA) is 103 Å². The summed E-state index contributed by atoms with van der Waals surface area (Å²) in [6, 6.07) is 12.0. The predicted molar refractivity (Wildman–Crippen MR) is 148 cm³/mol. The molecule has 2 heterocycles. The molecule has 0 spiro atoms. The van der Waals surface area contributed by atoms with E-state index in [1.807, 2.05) is 25.1 Å². The number of allylic oxidation sites excluding steroid dienone is 1. The number of ether oxygens (including phenoxy) is 1. The van der Waals surface area contributed by atoms with Crippen molar-refractivity contribution in [2.75, 3.05) is 23.0 Å². The first-order valence-corrected chi connectivity index (χ1v) is 12.5. The number of thiocarbonyl (C=S) groups is 1. The number of rotatable bonds is 8. The fourth-order valence-corrected chi connectivity index (χ4v) is 4.93. The number of alkyl halides is 1. The number of amides is 1. The Bertz CT molecular complexity index is 1500. The summed E-state index contributed by atoms with van der Waals surface area (Å²) < 4.78 is 20.6. The molecular weight excluding hydrogens is 505 g/mol. The Hall–Kier alpha value is -3.94. The number of anilines is 2. The third-order valence-corrected chi connectivity index (χ3v) is 6.75. The summed E-state index contributed by atoms with van der Waals surface area (Å²) in [5.74, 6) is 0.631. The molecule has 1 aliphatic rings. The Balaban J connectivity index is 1.81. The fraction of sp³-hybridized carbons (Fsp3) is 0.321. The number of aromatic nitrogens is 2. The third-order valence-electron chi connectivity index (χ3n) is 6.38. The lowest BCUT2D eigenvalue weighted by Crippen LogP contribution is -2.44. The van der Waals surface area contributed by atoms with Gasteiger partial charge in [-0.1, -0.05) is 13.5 Å². The molecule has 0 aliphatic carbocycles. The van der Waals surface area contributed by atoms with Gasteiger partial charge in [0.1, 0.15) is 24.1 Å². The molecule has 1 aromatic heterocycles. The lowest BCUT2D eigenvalue weighted by molar-refractivity contribution is -0.120. The van der Waals surface area contributed by atoms with Crippen LogP contribution in [-0.2, 0) is 11.2 Å². The molecule has 0 radical (unpaired) electrons. The van der Waals surface area contributed by atoms with Crippen molar-refractivity contribution in [2.24, 2.45) is 0 Å². The molecule has 2 aromatic carbocycles. The van der Waals surface area contributed by atoms with E-state index in [2.05, 4.69) is 16.5 Å².